The number of alkyl halides is 1. The maximum absolute atomic E-state index is 11.5. The number of rotatable bonds is 4. The number of hydrogen-bond donors (Lipinski definition) is 2. The molecule has 0 aliphatic carbocycles. The van der Waals surface area contributed by atoms with Gasteiger partial charge in [0.25, 0.3) is 5.56 Å². The molecular weight excluding hydrogens is 326 g/mol. The van der Waals surface area contributed by atoms with Gasteiger partial charge in [0.2, 0.25) is 5.91 Å². The number of ether oxygens (including phenoxy) is 1. The fourth-order valence-corrected chi connectivity index (χ4v) is 1.47. The molecule has 104 valence electrons. The van der Waals surface area contributed by atoms with Gasteiger partial charge in [0.1, 0.15) is 11.6 Å². The third kappa shape index (κ3) is 3.67. The quantitative estimate of drug-likeness (QED) is 0.838. The zero-order valence-corrected chi connectivity index (χ0v) is 12.2. The van der Waals surface area contributed by atoms with Crippen LogP contribution in [-0.2, 0) is 4.79 Å². The summed E-state index contributed by atoms with van der Waals surface area (Å²) in [6.45, 7) is 1.72. The van der Waals surface area contributed by atoms with Crippen molar-refractivity contribution in [2.45, 2.75) is 11.8 Å². The molecule has 1 atom stereocenters. The van der Waals surface area contributed by atoms with Crippen molar-refractivity contribution in [1.29, 1.82) is 0 Å². The molecule has 0 saturated heterocycles. The van der Waals surface area contributed by atoms with E-state index >= 15 is 0 Å². The van der Waals surface area contributed by atoms with Crippen LogP contribution in [0.4, 0.5) is 5.82 Å². The highest BCUT2D eigenvalue weighted by molar-refractivity contribution is 9.10. The molecule has 1 unspecified atom stereocenters. The molecule has 2 aromatic heterocycles. The van der Waals surface area contributed by atoms with Crippen LogP contribution in [0.3, 0.4) is 0 Å². The highest BCUT2D eigenvalue weighted by atomic mass is 79.9. The fourth-order valence-electron chi connectivity index (χ4n) is 1.35. The van der Waals surface area contributed by atoms with Crippen LogP contribution in [0, 0.1) is 0 Å². The highest BCUT2D eigenvalue weighted by Gasteiger charge is 2.09. The van der Waals surface area contributed by atoms with Crippen LogP contribution in [-0.4, -0.2) is 20.7 Å². The van der Waals surface area contributed by atoms with Gasteiger partial charge >= 0.3 is 0 Å². The van der Waals surface area contributed by atoms with Crippen LogP contribution in [0.1, 0.15) is 6.92 Å². The van der Waals surface area contributed by atoms with Crippen molar-refractivity contribution in [1.82, 2.24) is 9.97 Å². The molecule has 6 nitrogen and oxygen atoms in total. The Morgan fingerprint density at radius 2 is 2.25 bits per heavy atom. The van der Waals surface area contributed by atoms with Crippen LogP contribution in [0.5, 0.6) is 11.5 Å². The van der Waals surface area contributed by atoms with Crippen molar-refractivity contribution in [3.8, 4) is 11.5 Å². The summed E-state index contributed by atoms with van der Waals surface area (Å²) in [4.78, 5) is 29.1. The van der Waals surface area contributed by atoms with Gasteiger partial charge in [-0.25, -0.2) is 4.98 Å². The highest BCUT2D eigenvalue weighted by Crippen LogP contribution is 2.18. The van der Waals surface area contributed by atoms with Crippen molar-refractivity contribution in [2.24, 2.45) is 0 Å². The Morgan fingerprint density at radius 3 is 2.85 bits per heavy atom. The monoisotopic (exact) mass is 337 g/mol. The third-order valence-corrected chi connectivity index (χ3v) is 2.77. The Hall–Kier alpha value is -2.15. The molecule has 2 rings (SSSR count). The number of anilines is 1. The van der Waals surface area contributed by atoms with E-state index in [1.54, 1.807) is 31.2 Å². The SMILES string of the molecule is CC(Br)C(=O)Nc1ccc(Oc2ccc[nH]c2=O)cn1. The summed E-state index contributed by atoms with van der Waals surface area (Å²) in [7, 11) is 0. The van der Waals surface area contributed by atoms with Gasteiger partial charge in [0.05, 0.1) is 11.0 Å². The van der Waals surface area contributed by atoms with Crippen molar-refractivity contribution in [3.05, 3.63) is 47.0 Å². The number of hydrogen-bond acceptors (Lipinski definition) is 4. The maximum atomic E-state index is 11.5. The van der Waals surface area contributed by atoms with E-state index in [9.17, 15) is 9.59 Å². The number of pyridine rings is 2. The summed E-state index contributed by atoms with van der Waals surface area (Å²) in [5, 5.41) is 2.62. The first-order valence-electron chi connectivity index (χ1n) is 5.83. The average molecular weight is 338 g/mol. The van der Waals surface area contributed by atoms with E-state index < -0.39 is 0 Å². The van der Waals surface area contributed by atoms with E-state index in [2.05, 4.69) is 31.2 Å². The Labute approximate surface area is 123 Å². The first kappa shape index (κ1) is 14.3. The second kappa shape index (κ2) is 6.33. The van der Waals surface area contributed by atoms with Crippen molar-refractivity contribution < 1.29 is 9.53 Å². The molecule has 2 heterocycles. The van der Waals surface area contributed by atoms with E-state index in [0.717, 1.165) is 0 Å². The Balaban J connectivity index is 2.07. The molecule has 0 aromatic carbocycles. The second-order valence-corrected chi connectivity index (χ2v) is 5.32. The van der Waals surface area contributed by atoms with Gasteiger partial charge in [-0.3, -0.25) is 9.59 Å². The molecule has 20 heavy (non-hydrogen) atoms. The largest absolute Gasteiger partial charge is 0.450 e. The molecule has 0 spiro atoms. The summed E-state index contributed by atoms with van der Waals surface area (Å²) in [6, 6.07) is 6.44. The number of aromatic amines is 1. The van der Waals surface area contributed by atoms with Gasteiger partial charge in [0.15, 0.2) is 5.75 Å². The number of nitrogens with one attached hydrogen (secondary N) is 2. The van der Waals surface area contributed by atoms with Crippen molar-refractivity contribution in [2.75, 3.05) is 5.32 Å². The third-order valence-electron chi connectivity index (χ3n) is 2.36. The fraction of sp³-hybridized carbons (Fsp3) is 0.154. The van der Waals surface area contributed by atoms with E-state index in [1.807, 2.05) is 0 Å². The van der Waals surface area contributed by atoms with Crippen LogP contribution in [0.25, 0.3) is 0 Å². The summed E-state index contributed by atoms with van der Waals surface area (Å²) in [5.41, 5.74) is -0.321. The predicted octanol–water partition coefficient (Wildman–Crippen LogP) is 2.28. The lowest BCUT2D eigenvalue weighted by atomic mass is 10.4. The number of H-pyrrole nitrogens is 1. The maximum Gasteiger partial charge on any atom is 0.290 e. The molecule has 0 aliphatic heterocycles. The minimum Gasteiger partial charge on any atom is -0.450 e. The molecular formula is C13H12BrN3O3. The van der Waals surface area contributed by atoms with Crippen molar-refractivity contribution in [3.63, 3.8) is 0 Å². The van der Waals surface area contributed by atoms with Crippen LogP contribution in [0.15, 0.2) is 41.5 Å². The molecule has 1 amide bonds. The molecule has 0 saturated carbocycles. The minimum atomic E-state index is -0.321. The summed E-state index contributed by atoms with van der Waals surface area (Å²) < 4.78 is 5.39. The van der Waals surface area contributed by atoms with Gasteiger partial charge in [-0.05, 0) is 31.2 Å². The first-order valence-corrected chi connectivity index (χ1v) is 6.74. The van der Waals surface area contributed by atoms with Gasteiger partial charge in [-0.2, -0.15) is 0 Å². The lowest BCUT2D eigenvalue weighted by molar-refractivity contribution is -0.115. The Kier molecular flexibility index (Phi) is 4.52. The van der Waals surface area contributed by atoms with E-state index in [1.165, 1.54) is 12.4 Å². The molecule has 0 fully saturated rings. The number of carbonyl (C=O) groups excluding carboxylic acids is 1. The lowest BCUT2D eigenvalue weighted by Crippen LogP contribution is -2.20. The number of aromatic nitrogens is 2. The normalized spacial score (nSPS) is 11.7. The molecule has 2 aromatic rings. The van der Waals surface area contributed by atoms with E-state index in [0.29, 0.717) is 11.6 Å². The predicted molar refractivity (Wildman–Crippen MR) is 78.4 cm³/mol. The van der Waals surface area contributed by atoms with Gasteiger partial charge in [-0.1, -0.05) is 15.9 Å². The lowest BCUT2D eigenvalue weighted by Gasteiger charge is -2.07. The summed E-state index contributed by atoms with van der Waals surface area (Å²) in [5.74, 6) is 0.813. The second-order valence-electron chi connectivity index (χ2n) is 3.95. The Morgan fingerprint density at radius 1 is 1.45 bits per heavy atom. The molecule has 2 N–H and O–H groups in total. The molecule has 7 heteroatoms. The molecule has 0 bridgehead atoms. The van der Waals surface area contributed by atoms with Crippen molar-refractivity contribution >= 4 is 27.7 Å². The average Bonchev–Trinajstić information content (AvgIpc) is 2.43. The minimum absolute atomic E-state index is 0.181. The smallest absolute Gasteiger partial charge is 0.290 e. The number of carbonyl (C=O) groups is 1. The van der Waals surface area contributed by atoms with E-state index in [-0.39, 0.29) is 22.0 Å². The summed E-state index contributed by atoms with van der Waals surface area (Å²) >= 11 is 3.16. The number of nitrogens with zero attached hydrogens (tertiary/aromatic N) is 1. The zero-order chi connectivity index (χ0) is 14.5. The summed E-state index contributed by atoms with van der Waals surface area (Å²) in [6.07, 6.45) is 2.95. The van der Waals surface area contributed by atoms with Crippen LogP contribution >= 0.6 is 15.9 Å². The standard InChI is InChI=1S/C13H12BrN3O3/c1-8(14)12(18)17-11-5-4-9(7-16-11)20-10-3-2-6-15-13(10)19/h2-8H,1H3,(H,15,19)(H,16,17,18). The van der Waals surface area contributed by atoms with Gasteiger partial charge in [-0.15, -0.1) is 0 Å². The first-order chi connectivity index (χ1) is 9.56. The van der Waals surface area contributed by atoms with Crippen LogP contribution < -0.4 is 15.6 Å². The zero-order valence-electron chi connectivity index (χ0n) is 10.6. The molecule has 0 radical (unpaired) electrons. The van der Waals surface area contributed by atoms with Gasteiger partial charge < -0.3 is 15.0 Å². The number of amides is 1. The van der Waals surface area contributed by atoms with Gasteiger partial charge in [0, 0.05) is 6.20 Å². The topological polar surface area (TPSA) is 84.1 Å². The van der Waals surface area contributed by atoms with Crippen LogP contribution in [0.2, 0.25) is 0 Å². The Bertz CT molecular complexity index is 652. The molecule has 0 aliphatic rings. The van der Waals surface area contributed by atoms with E-state index in [4.69, 9.17) is 4.74 Å². The number of halogens is 1.